The Labute approximate surface area is 121 Å². The number of oxazole rings is 1. The molecule has 0 saturated heterocycles. The van der Waals surface area contributed by atoms with E-state index in [0.717, 1.165) is 5.56 Å². The van der Waals surface area contributed by atoms with Gasteiger partial charge in [0.2, 0.25) is 11.1 Å². The van der Waals surface area contributed by atoms with Crippen LogP contribution in [0.15, 0.2) is 34.7 Å². The van der Waals surface area contributed by atoms with Crippen LogP contribution in [-0.4, -0.2) is 6.61 Å². The van der Waals surface area contributed by atoms with Gasteiger partial charge in [0, 0.05) is 5.56 Å². The van der Waals surface area contributed by atoms with E-state index in [1.165, 1.54) is 0 Å². The van der Waals surface area contributed by atoms with Gasteiger partial charge in [-0.1, -0.05) is 48.0 Å². The molecule has 0 unspecified atom stereocenters. The lowest BCUT2D eigenvalue weighted by molar-refractivity contribution is -0.705. The van der Waals surface area contributed by atoms with Crippen LogP contribution in [0.5, 0.6) is 5.95 Å². The fraction of sp³-hybridized carbons (Fsp3) is 0.267. The van der Waals surface area contributed by atoms with E-state index in [9.17, 15) is 5.11 Å². The zero-order valence-electron chi connectivity index (χ0n) is 10.7. The van der Waals surface area contributed by atoms with Crippen LogP contribution in [0.25, 0.3) is 0 Å². The smallest absolute Gasteiger partial charge is 0.264 e. The molecule has 0 bridgehead atoms. The number of hydrogen-bond donors (Lipinski definition) is 0. The highest BCUT2D eigenvalue weighted by molar-refractivity contribution is 7.98. The molecule has 0 amide bonds. The molecule has 2 aromatic rings. The first-order valence-corrected chi connectivity index (χ1v) is 7.27. The predicted octanol–water partition coefficient (Wildman–Crippen LogP) is 1.58. The molecule has 0 radical (unpaired) electrons. The quantitative estimate of drug-likeness (QED) is 0.487. The van der Waals surface area contributed by atoms with Gasteiger partial charge in [0.1, 0.15) is 19.2 Å². The average molecular weight is 287 g/mol. The minimum Gasteiger partial charge on any atom is -0.540 e. The van der Waals surface area contributed by atoms with Gasteiger partial charge in [-0.15, -0.1) is 6.42 Å². The van der Waals surface area contributed by atoms with Crippen LogP contribution < -0.4 is 9.67 Å². The van der Waals surface area contributed by atoms with Gasteiger partial charge in [-0.05, 0) is 0 Å². The van der Waals surface area contributed by atoms with Crippen LogP contribution in [0.4, 0.5) is 0 Å². The number of thioether (sulfide) groups is 1. The Hall–Kier alpha value is -1.90. The van der Waals surface area contributed by atoms with E-state index in [-0.39, 0.29) is 24.5 Å². The normalized spacial score (nSPS) is 16.9. The number of nitrogens with zero attached hydrogens (tertiary/aromatic N) is 1. The third-order valence-electron chi connectivity index (χ3n) is 3.11. The highest BCUT2D eigenvalue weighted by atomic mass is 32.2. The zero-order chi connectivity index (χ0) is 13.9. The van der Waals surface area contributed by atoms with Crippen molar-refractivity contribution < 1.29 is 18.8 Å². The summed E-state index contributed by atoms with van der Waals surface area (Å²) >= 11 is 1.71. The summed E-state index contributed by atoms with van der Waals surface area (Å²) in [5.41, 5.74) is 1.82. The van der Waals surface area contributed by atoms with Crippen molar-refractivity contribution in [2.45, 2.75) is 17.7 Å². The highest BCUT2D eigenvalue weighted by Gasteiger charge is 2.37. The van der Waals surface area contributed by atoms with Crippen LogP contribution in [0.2, 0.25) is 0 Å². The van der Waals surface area contributed by atoms with Gasteiger partial charge in [-0.2, -0.15) is 4.57 Å². The van der Waals surface area contributed by atoms with Gasteiger partial charge in [0.05, 0.1) is 5.75 Å². The molecule has 20 heavy (non-hydrogen) atoms. The van der Waals surface area contributed by atoms with Crippen molar-refractivity contribution in [3.63, 3.8) is 0 Å². The second-order valence-corrected chi connectivity index (χ2v) is 5.44. The lowest BCUT2D eigenvalue weighted by atomic mass is 10.2. The first-order valence-electron chi connectivity index (χ1n) is 6.22. The predicted molar refractivity (Wildman–Crippen MR) is 72.7 cm³/mol. The van der Waals surface area contributed by atoms with Crippen molar-refractivity contribution in [1.82, 2.24) is 0 Å². The number of benzene rings is 1. The molecule has 1 aromatic carbocycles. The summed E-state index contributed by atoms with van der Waals surface area (Å²) in [5, 5.41) is 11.9. The maximum atomic E-state index is 11.8. The van der Waals surface area contributed by atoms with Crippen LogP contribution in [-0.2, 0) is 17.1 Å². The van der Waals surface area contributed by atoms with Gasteiger partial charge < -0.3 is 14.3 Å². The summed E-state index contributed by atoms with van der Waals surface area (Å²) in [6, 6.07) is 10.0. The van der Waals surface area contributed by atoms with Gasteiger partial charge in [0.15, 0.2) is 0 Å². The summed E-state index contributed by atoms with van der Waals surface area (Å²) in [6.45, 7) is 0.413. The molecule has 102 valence electrons. The summed E-state index contributed by atoms with van der Waals surface area (Å²) in [4.78, 5) is 0. The molecule has 3 rings (SSSR count). The van der Waals surface area contributed by atoms with Gasteiger partial charge >= 0.3 is 0 Å². The van der Waals surface area contributed by atoms with Gasteiger partial charge in [-0.3, -0.25) is 0 Å². The van der Waals surface area contributed by atoms with Crippen LogP contribution in [0.3, 0.4) is 0 Å². The lowest BCUT2D eigenvalue weighted by Gasteiger charge is -2.07. The van der Waals surface area contributed by atoms with Crippen LogP contribution in [0, 0.1) is 12.3 Å². The van der Waals surface area contributed by atoms with E-state index in [1.807, 2.05) is 34.9 Å². The molecule has 0 aliphatic carbocycles. The number of rotatable bonds is 4. The summed E-state index contributed by atoms with van der Waals surface area (Å²) in [6.07, 6.45) is 5.15. The Bertz CT molecular complexity index is 645. The first-order chi connectivity index (χ1) is 9.81. The molecular weight excluding hydrogens is 274 g/mol. The Morgan fingerprint density at radius 1 is 1.45 bits per heavy atom. The number of fused-ring (bicyclic) bond motifs is 1. The second kappa shape index (κ2) is 5.61. The molecule has 0 fully saturated rings. The second-order valence-electron chi connectivity index (χ2n) is 4.37. The number of ether oxygens (including phenoxy) is 1. The fourth-order valence-electron chi connectivity index (χ4n) is 2.26. The minimum atomic E-state index is -0.282. The molecule has 2 heterocycles. The molecule has 1 atom stereocenters. The summed E-state index contributed by atoms with van der Waals surface area (Å²) in [5.74, 6) is 3.29. The third kappa shape index (κ3) is 2.28. The maximum Gasteiger partial charge on any atom is 0.264 e. The number of terminal acetylenes is 1. The Kier molecular flexibility index (Phi) is 3.68. The third-order valence-corrected chi connectivity index (χ3v) is 4.35. The Balaban J connectivity index is 1.93. The van der Waals surface area contributed by atoms with Crippen LogP contribution in [0.1, 0.15) is 22.5 Å². The van der Waals surface area contributed by atoms with Crippen molar-refractivity contribution in [3.05, 3.63) is 47.5 Å². The van der Waals surface area contributed by atoms with Gasteiger partial charge in [-0.25, -0.2) is 0 Å². The first kappa shape index (κ1) is 13.1. The fourth-order valence-corrected chi connectivity index (χ4v) is 3.57. The molecule has 4 nitrogen and oxygen atoms in total. The van der Waals surface area contributed by atoms with Crippen molar-refractivity contribution in [2.75, 3.05) is 6.61 Å². The molecule has 0 spiro atoms. The molecule has 5 heteroatoms. The van der Waals surface area contributed by atoms with E-state index in [2.05, 4.69) is 5.92 Å². The largest absolute Gasteiger partial charge is 0.540 e. The van der Waals surface area contributed by atoms with Crippen molar-refractivity contribution in [1.29, 1.82) is 0 Å². The van der Waals surface area contributed by atoms with Crippen molar-refractivity contribution >= 4 is 11.8 Å². The molecular formula is C15H13NO3S. The molecule has 1 aliphatic heterocycles. The van der Waals surface area contributed by atoms with E-state index in [4.69, 9.17) is 15.6 Å². The number of hydrogen-bond acceptors (Lipinski definition) is 4. The van der Waals surface area contributed by atoms with E-state index in [0.29, 0.717) is 17.3 Å². The van der Waals surface area contributed by atoms with Crippen molar-refractivity contribution in [3.8, 4) is 18.3 Å². The SMILES string of the molecule is C#CCOCc1oc([O-])c2[n+]1[C@@H](c1ccccc1)SC2. The lowest BCUT2D eigenvalue weighted by Crippen LogP contribution is -2.40. The molecule has 0 N–H and O–H groups in total. The van der Waals surface area contributed by atoms with Crippen molar-refractivity contribution in [2.24, 2.45) is 0 Å². The summed E-state index contributed by atoms with van der Waals surface area (Å²) in [7, 11) is 0. The van der Waals surface area contributed by atoms with E-state index >= 15 is 0 Å². The molecule has 1 aromatic heterocycles. The topological polar surface area (TPSA) is 49.3 Å². The molecule has 1 aliphatic rings. The van der Waals surface area contributed by atoms with E-state index in [1.54, 1.807) is 11.8 Å². The number of aromatic nitrogens is 1. The summed E-state index contributed by atoms with van der Waals surface area (Å²) < 4.78 is 12.5. The average Bonchev–Trinajstić information content (AvgIpc) is 3.03. The van der Waals surface area contributed by atoms with Crippen LogP contribution >= 0.6 is 11.8 Å². The minimum absolute atomic E-state index is 0.0575. The monoisotopic (exact) mass is 287 g/mol. The Morgan fingerprint density at radius 3 is 3.00 bits per heavy atom. The van der Waals surface area contributed by atoms with E-state index < -0.39 is 0 Å². The van der Waals surface area contributed by atoms with Gasteiger partial charge in [0.25, 0.3) is 5.89 Å². The molecule has 0 saturated carbocycles. The zero-order valence-corrected chi connectivity index (χ0v) is 11.6. The Morgan fingerprint density at radius 2 is 2.25 bits per heavy atom. The maximum absolute atomic E-state index is 11.8. The highest BCUT2D eigenvalue weighted by Crippen LogP contribution is 2.38. The standard InChI is InChI=1S/C15H13NO3S/c1-2-8-18-9-13-16-12(15(17)19-13)10-20-14(16)11-6-4-3-5-7-11/h1,3-7,14H,8-10H2/t14-/m1/s1.